The predicted octanol–water partition coefficient (Wildman–Crippen LogP) is 4.32. The number of rotatable bonds is 6. The number of halogens is 1. The molecule has 0 saturated heterocycles. The normalized spacial score (nSPS) is 11.7. The summed E-state index contributed by atoms with van der Waals surface area (Å²) in [7, 11) is -2.37. The van der Waals surface area contributed by atoms with Crippen molar-refractivity contribution >= 4 is 43.7 Å². The molecular formula is C19H18BrN3O5S. The molecule has 10 heteroatoms. The van der Waals surface area contributed by atoms with Crippen LogP contribution in [-0.2, 0) is 10.0 Å². The van der Waals surface area contributed by atoms with E-state index in [9.17, 15) is 13.5 Å². The van der Waals surface area contributed by atoms with Gasteiger partial charge in [-0.05, 0) is 50.2 Å². The second-order valence-electron chi connectivity index (χ2n) is 6.13. The number of methoxy groups -OCH3 is 1. The monoisotopic (exact) mass is 479 g/mol. The molecule has 0 saturated carbocycles. The van der Waals surface area contributed by atoms with Crippen LogP contribution in [0.4, 0.5) is 11.6 Å². The van der Waals surface area contributed by atoms with Crippen LogP contribution < -0.4 is 9.46 Å². The minimum Gasteiger partial charge on any atom is -0.504 e. The fourth-order valence-electron chi connectivity index (χ4n) is 2.40. The van der Waals surface area contributed by atoms with Gasteiger partial charge in [-0.25, -0.2) is 13.1 Å². The number of benzene rings is 2. The molecule has 29 heavy (non-hydrogen) atoms. The second kappa shape index (κ2) is 8.26. The van der Waals surface area contributed by atoms with Gasteiger partial charge in [0.2, 0.25) is 5.88 Å². The maximum Gasteiger partial charge on any atom is 0.264 e. The molecule has 0 bridgehead atoms. The SMILES string of the molecule is COc1cc(Br)cc(C=Nc2ccc(S(=O)(=O)Nc3onc(C)c3C)cc2)c1O. The summed E-state index contributed by atoms with van der Waals surface area (Å²) in [6.45, 7) is 3.44. The van der Waals surface area contributed by atoms with E-state index >= 15 is 0 Å². The number of phenolic OH excluding ortho intramolecular Hbond substituents is 1. The Hall–Kier alpha value is -2.85. The number of anilines is 1. The summed E-state index contributed by atoms with van der Waals surface area (Å²) in [4.78, 5) is 4.33. The number of hydrogen-bond donors (Lipinski definition) is 2. The number of ether oxygens (including phenoxy) is 1. The van der Waals surface area contributed by atoms with E-state index in [1.54, 1.807) is 38.1 Å². The molecule has 0 radical (unpaired) electrons. The van der Waals surface area contributed by atoms with Gasteiger partial charge in [0.25, 0.3) is 10.0 Å². The number of nitrogens with zero attached hydrogens (tertiary/aromatic N) is 2. The summed E-state index contributed by atoms with van der Waals surface area (Å²) in [6, 6.07) is 9.28. The molecule has 1 heterocycles. The molecule has 0 atom stereocenters. The highest BCUT2D eigenvalue weighted by Gasteiger charge is 2.19. The summed E-state index contributed by atoms with van der Waals surface area (Å²) in [5.41, 5.74) is 2.19. The molecule has 2 N–H and O–H groups in total. The highest BCUT2D eigenvalue weighted by Crippen LogP contribution is 2.33. The Morgan fingerprint density at radius 1 is 1.24 bits per heavy atom. The number of aromatic nitrogens is 1. The highest BCUT2D eigenvalue weighted by molar-refractivity contribution is 9.10. The van der Waals surface area contributed by atoms with E-state index in [0.29, 0.717) is 28.3 Å². The van der Waals surface area contributed by atoms with Crippen molar-refractivity contribution in [2.45, 2.75) is 18.7 Å². The molecule has 2 aromatic carbocycles. The molecule has 0 spiro atoms. The lowest BCUT2D eigenvalue weighted by molar-refractivity contribution is 0.373. The topological polar surface area (TPSA) is 114 Å². The molecule has 0 aliphatic heterocycles. The van der Waals surface area contributed by atoms with Gasteiger partial charge in [-0.15, -0.1) is 0 Å². The molecule has 152 valence electrons. The molecule has 0 fully saturated rings. The summed E-state index contributed by atoms with van der Waals surface area (Å²) in [5.74, 6) is 0.357. The zero-order valence-electron chi connectivity index (χ0n) is 15.8. The Bertz CT molecular complexity index is 1170. The number of phenols is 1. The van der Waals surface area contributed by atoms with E-state index < -0.39 is 10.0 Å². The molecule has 0 amide bonds. The average molecular weight is 480 g/mol. The number of aryl methyl sites for hydroxylation is 1. The van der Waals surface area contributed by atoms with Crippen molar-refractivity contribution in [2.24, 2.45) is 4.99 Å². The van der Waals surface area contributed by atoms with Gasteiger partial charge in [0, 0.05) is 21.8 Å². The second-order valence-corrected chi connectivity index (χ2v) is 8.72. The number of aromatic hydroxyl groups is 1. The Morgan fingerprint density at radius 3 is 2.52 bits per heavy atom. The fourth-order valence-corrected chi connectivity index (χ4v) is 3.90. The van der Waals surface area contributed by atoms with E-state index in [4.69, 9.17) is 9.26 Å². The van der Waals surface area contributed by atoms with Crippen LogP contribution >= 0.6 is 15.9 Å². The lowest BCUT2D eigenvalue weighted by Gasteiger charge is -2.07. The molecule has 8 nitrogen and oxygen atoms in total. The Kier molecular flexibility index (Phi) is 5.94. The van der Waals surface area contributed by atoms with E-state index in [2.05, 4.69) is 30.8 Å². The molecule has 3 aromatic rings. The number of hydrogen-bond acceptors (Lipinski definition) is 7. The van der Waals surface area contributed by atoms with E-state index in [0.717, 1.165) is 4.47 Å². The molecular weight excluding hydrogens is 462 g/mol. The van der Waals surface area contributed by atoms with Crippen molar-refractivity contribution in [3.63, 3.8) is 0 Å². The van der Waals surface area contributed by atoms with Gasteiger partial charge in [-0.2, -0.15) is 0 Å². The Morgan fingerprint density at radius 2 is 1.93 bits per heavy atom. The first-order valence-corrected chi connectivity index (χ1v) is 10.6. The quantitative estimate of drug-likeness (QED) is 0.508. The number of sulfonamides is 1. The first-order chi connectivity index (χ1) is 13.7. The van der Waals surface area contributed by atoms with Crippen LogP contribution in [0.2, 0.25) is 0 Å². The van der Waals surface area contributed by atoms with Crippen molar-refractivity contribution in [3.05, 3.63) is 57.7 Å². The minimum atomic E-state index is -3.83. The van der Waals surface area contributed by atoms with Crippen LogP contribution in [0.15, 0.2) is 55.3 Å². The standard InChI is InChI=1S/C19H18BrN3O5S/c1-11-12(2)22-28-19(11)23-29(25,26)16-6-4-15(5-7-16)21-10-13-8-14(20)9-17(27-3)18(13)24/h4-10,23-24H,1-3H3. The summed E-state index contributed by atoms with van der Waals surface area (Å²) in [5, 5.41) is 13.9. The van der Waals surface area contributed by atoms with E-state index in [1.807, 2.05) is 0 Å². The van der Waals surface area contributed by atoms with Crippen LogP contribution in [0.5, 0.6) is 11.5 Å². The van der Waals surface area contributed by atoms with Gasteiger partial charge in [-0.3, -0.25) is 4.99 Å². The average Bonchev–Trinajstić information content (AvgIpc) is 3.00. The molecule has 3 rings (SSSR count). The molecule has 0 unspecified atom stereocenters. The van der Waals surface area contributed by atoms with Crippen LogP contribution in [0.3, 0.4) is 0 Å². The minimum absolute atomic E-state index is 0.0411. The summed E-state index contributed by atoms with van der Waals surface area (Å²) >= 11 is 3.34. The first kappa shape index (κ1) is 20.9. The van der Waals surface area contributed by atoms with Crippen LogP contribution in [0.1, 0.15) is 16.8 Å². The lowest BCUT2D eigenvalue weighted by atomic mass is 10.2. The summed E-state index contributed by atoms with van der Waals surface area (Å²) in [6.07, 6.45) is 1.46. The van der Waals surface area contributed by atoms with Gasteiger partial charge in [0.05, 0.1) is 23.4 Å². The Balaban J connectivity index is 1.81. The third kappa shape index (κ3) is 4.60. The van der Waals surface area contributed by atoms with Crippen LogP contribution in [-0.4, -0.2) is 32.0 Å². The van der Waals surface area contributed by atoms with E-state index in [-0.39, 0.29) is 16.5 Å². The van der Waals surface area contributed by atoms with Gasteiger partial charge in [0.15, 0.2) is 11.5 Å². The molecule has 0 aliphatic carbocycles. The fraction of sp³-hybridized carbons (Fsp3) is 0.158. The smallest absolute Gasteiger partial charge is 0.264 e. The molecule has 1 aromatic heterocycles. The van der Waals surface area contributed by atoms with Crippen molar-refractivity contribution in [1.82, 2.24) is 5.16 Å². The van der Waals surface area contributed by atoms with Gasteiger partial charge < -0.3 is 14.4 Å². The van der Waals surface area contributed by atoms with Gasteiger partial charge >= 0.3 is 0 Å². The third-order valence-corrected chi connectivity index (χ3v) is 5.98. The number of nitrogens with one attached hydrogen (secondary N) is 1. The third-order valence-electron chi connectivity index (χ3n) is 4.17. The van der Waals surface area contributed by atoms with Gasteiger partial charge in [-0.1, -0.05) is 21.1 Å². The highest BCUT2D eigenvalue weighted by atomic mass is 79.9. The van der Waals surface area contributed by atoms with Crippen molar-refractivity contribution < 1.29 is 22.8 Å². The van der Waals surface area contributed by atoms with Crippen molar-refractivity contribution in [1.29, 1.82) is 0 Å². The van der Waals surface area contributed by atoms with Gasteiger partial charge in [0.1, 0.15) is 0 Å². The number of aliphatic imine (C=N–C) groups is 1. The zero-order chi connectivity index (χ0) is 21.2. The summed E-state index contributed by atoms with van der Waals surface area (Å²) < 4.78 is 38.2. The van der Waals surface area contributed by atoms with E-state index in [1.165, 1.54) is 25.5 Å². The maximum absolute atomic E-state index is 12.5. The molecule has 0 aliphatic rings. The first-order valence-electron chi connectivity index (χ1n) is 8.37. The largest absolute Gasteiger partial charge is 0.504 e. The predicted molar refractivity (Wildman–Crippen MR) is 113 cm³/mol. The van der Waals surface area contributed by atoms with Crippen LogP contribution in [0, 0.1) is 13.8 Å². The van der Waals surface area contributed by atoms with Crippen molar-refractivity contribution in [3.8, 4) is 11.5 Å². The maximum atomic E-state index is 12.5. The lowest BCUT2D eigenvalue weighted by Crippen LogP contribution is -2.12. The van der Waals surface area contributed by atoms with Crippen molar-refractivity contribution in [2.75, 3.05) is 11.8 Å². The van der Waals surface area contributed by atoms with Crippen LogP contribution in [0.25, 0.3) is 0 Å². The Labute approximate surface area is 176 Å². The zero-order valence-corrected chi connectivity index (χ0v) is 18.2.